The van der Waals surface area contributed by atoms with Crippen LogP contribution in [0, 0.1) is 0 Å². The Bertz CT molecular complexity index is 551. The van der Waals surface area contributed by atoms with E-state index in [-0.39, 0.29) is 18.9 Å². The van der Waals surface area contributed by atoms with Gasteiger partial charge in [0.05, 0.1) is 13.0 Å². The molecule has 6 nitrogen and oxygen atoms in total. The summed E-state index contributed by atoms with van der Waals surface area (Å²) in [5, 5.41) is 14.4. The van der Waals surface area contributed by atoms with Gasteiger partial charge in [-0.2, -0.15) is 0 Å². The van der Waals surface area contributed by atoms with Crippen LogP contribution in [0.25, 0.3) is 0 Å². The summed E-state index contributed by atoms with van der Waals surface area (Å²) in [6, 6.07) is 9.20. The van der Waals surface area contributed by atoms with Gasteiger partial charge in [-0.3, -0.25) is 9.59 Å². The lowest BCUT2D eigenvalue weighted by molar-refractivity contribution is -0.147. The van der Waals surface area contributed by atoms with Gasteiger partial charge in [0.15, 0.2) is 0 Å². The minimum Gasteiger partial charge on any atom is -0.480 e. The molecule has 0 heterocycles. The lowest BCUT2D eigenvalue weighted by Gasteiger charge is -2.25. The number of rotatable bonds is 6. The second-order valence-corrected chi connectivity index (χ2v) is 5.58. The van der Waals surface area contributed by atoms with Gasteiger partial charge in [0.25, 0.3) is 0 Å². The molecule has 3 N–H and O–H groups in total. The summed E-state index contributed by atoms with van der Waals surface area (Å²) in [7, 11) is 0. The fourth-order valence-corrected chi connectivity index (χ4v) is 2.70. The molecule has 2 amide bonds. The third-order valence-corrected chi connectivity index (χ3v) is 3.90. The van der Waals surface area contributed by atoms with E-state index in [2.05, 4.69) is 10.6 Å². The first kappa shape index (κ1) is 16.0. The number of carbonyl (C=O) groups is 3. The molecule has 0 saturated heterocycles. The molecule has 0 aromatic heterocycles. The van der Waals surface area contributed by atoms with E-state index in [1.165, 1.54) is 0 Å². The highest BCUT2D eigenvalue weighted by molar-refractivity contribution is 5.90. The molecule has 0 spiro atoms. The van der Waals surface area contributed by atoms with Crippen molar-refractivity contribution in [1.29, 1.82) is 0 Å². The summed E-state index contributed by atoms with van der Waals surface area (Å²) < 4.78 is 0. The van der Waals surface area contributed by atoms with Crippen LogP contribution in [0.2, 0.25) is 0 Å². The first-order valence-electron chi connectivity index (χ1n) is 7.37. The molecule has 22 heavy (non-hydrogen) atoms. The monoisotopic (exact) mass is 304 g/mol. The van der Waals surface area contributed by atoms with Crippen molar-refractivity contribution in [2.75, 3.05) is 6.54 Å². The Kier molecular flexibility index (Phi) is 5.14. The number of amides is 2. The van der Waals surface area contributed by atoms with Crippen LogP contribution in [0.1, 0.15) is 31.2 Å². The smallest absolute Gasteiger partial charge is 0.329 e. The summed E-state index contributed by atoms with van der Waals surface area (Å²) in [5.74, 6) is -1.74. The maximum atomic E-state index is 11.9. The van der Waals surface area contributed by atoms with Crippen molar-refractivity contribution < 1.29 is 19.5 Å². The van der Waals surface area contributed by atoms with Gasteiger partial charge in [-0.15, -0.1) is 0 Å². The van der Waals surface area contributed by atoms with E-state index in [4.69, 9.17) is 0 Å². The standard InChI is InChI=1S/C16H20N2O4/c19-13(10-12-6-2-1-3-7-12)17-11-14(20)18-16(15(21)22)8-4-5-9-16/h1-3,6-7H,4-5,8-11H2,(H,17,19)(H,18,20)(H,21,22). The molecule has 6 heteroatoms. The molecule has 0 radical (unpaired) electrons. The lowest BCUT2D eigenvalue weighted by atomic mass is 9.98. The van der Waals surface area contributed by atoms with Crippen molar-refractivity contribution in [3.05, 3.63) is 35.9 Å². The van der Waals surface area contributed by atoms with Crippen LogP contribution < -0.4 is 10.6 Å². The van der Waals surface area contributed by atoms with E-state index in [0.29, 0.717) is 12.8 Å². The van der Waals surface area contributed by atoms with Gasteiger partial charge in [-0.1, -0.05) is 43.2 Å². The number of carboxylic acid groups (broad SMARTS) is 1. The molecule has 0 atom stereocenters. The Morgan fingerprint density at radius 3 is 2.27 bits per heavy atom. The predicted octanol–water partition coefficient (Wildman–Crippen LogP) is 0.859. The van der Waals surface area contributed by atoms with Crippen molar-refractivity contribution in [2.45, 2.75) is 37.6 Å². The van der Waals surface area contributed by atoms with Gasteiger partial charge >= 0.3 is 5.97 Å². The normalized spacial score (nSPS) is 16.0. The molecule has 0 bridgehead atoms. The molecule has 1 fully saturated rings. The highest BCUT2D eigenvalue weighted by Gasteiger charge is 2.42. The largest absolute Gasteiger partial charge is 0.480 e. The van der Waals surface area contributed by atoms with E-state index in [1.54, 1.807) is 0 Å². The minimum atomic E-state index is -1.17. The first-order valence-corrected chi connectivity index (χ1v) is 7.37. The number of benzene rings is 1. The molecule has 1 aliphatic rings. The van der Waals surface area contributed by atoms with Crippen molar-refractivity contribution in [3.63, 3.8) is 0 Å². The Hall–Kier alpha value is -2.37. The SMILES string of the molecule is O=C(Cc1ccccc1)NCC(=O)NC1(C(=O)O)CCCC1. The number of nitrogens with one attached hydrogen (secondary N) is 2. The molecule has 0 aliphatic heterocycles. The van der Waals surface area contributed by atoms with Crippen LogP contribution in [0.15, 0.2) is 30.3 Å². The molecule has 1 aromatic carbocycles. The number of carbonyl (C=O) groups excluding carboxylic acids is 2. The highest BCUT2D eigenvalue weighted by Crippen LogP contribution is 2.29. The Morgan fingerprint density at radius 1 is 1.05 bits per heavy atom. The van der Waals surface area contributed by atoms with E-state index in [1.807, 2.05) is 30.3 Å². The number of hydrogen-bond donors (Lipinski definition) is 3. The predicted molar refractivity (Wildman–Crippen MR) is 80.1 cm³/mol. The molecule has 118 valence electrons. The highest BCUT2D eigenvalue weighted by atomic mass is 16.4. The third kappa shape index (κ3) is 4.07. The summed E-state index contributed by atoms with van der Waals surface area (Å²) in [4.78, 5) is 35.0. The zero-order valence-electron chi connectivity index (χ0n) is 12.3. The van der Waals surface area contributed by atoms with Crippen LogP contribution in [0.5, 0.6) is 0 Å². The molecule has 0 unspecified atom stereocenters. The second kappa shape index (κ2) is 7.06. The van der Waals surface area contributed by atoms with Crippen molar-refractivity contribution >= 4 is 17.8 Å². The average molecular weight is 304 g/mol. The van der Waals surface area contributed by atoms with E-state index >= 15 is 0 Å². The maximum Gasteiger partial charge on any atom is 0.329 e. The van der Waals surface area contributed by atoms with Gasteiger partial charge in [0.2, 0.25) is 11.8 Å². The van der Waals surface area contributed by atoms with Gasteiger partial charge < -0.3 is 15.7 Å². The Labute approximate surface area is 128 Å². The molecule has 2 rings (SSSR count). The number of aliphatic carboxylic acids is 1. The van der Waals surface area contributed by atoms with Crippen molar-refractivity contribution in [2.24, 2.45) is 0 Å². The lowest BCUT2D eigenvalue weighted by Crippen LogP contribution is -2.54. The number of hydrogen-bond acceptors (Lipinski definition) is 3. The van der Waals surface area contributed by atoms with Gasteiger partial charge in [0.1, 0.15) is 5.54 Å². The van der Waals surface area contributed by atoms with E-state index < -0.39 is 17.4 Å². The van der Waals surface area contributed by atoms with Crippen LogP contribution in [0.3, 0.4) is 0 Å². The van der Waals surface area contributed by atoms with Crippen LogP contribution >= 0.6 is 0 Å². The Balaban J connectivity index is 1.80. The van der Waals surface area contributed by atoms with E-state index in [9.17, 15) is 19.5 Å². The van der Waals surface area contributed by atoms with E-state index in [0.717, 1.165) is 18.4 Å². The maximum absolute atomic E-state index is 11.9. The topological polar surface area (TPSA) is 95.5 Å². The van der Waals surface area contributed by atoms with Crippen LogP contribution in [-0.4, -0.2) is 35.0 Å². The second-order valence-electron chi connectivity index (χ2n) is 5.58. The molecular formula is C16H20N2O4. The molecule has 1 saturated carbocycles. The molecule has 1 aromatic rings. The summed E-state index contributed by atoms with van der Waals surface area (Å²) >= 11 is 0. The van der Waals surface area contributed by atoms with Crippen LogP contribution in [-0.2, 0) is 20.8 Å². The number of carboxylic acids is 1. The van der Waals surface area contributed by atoms with Crippen molar-refractivity contribution in [1.82, 2.24) is 10.6 Å². The zero-order valence-corrected chi connectivity index (χ0v) is 12.3. The Morgan fingerprint density at radius 2 is 1.68 bits per heavy atom. The molecule has 1 aliphatic carbocycles. The van der Waals surface area contributed by atoms with Gasteiger partial charge in [0, 0.05) is 0 Å². The first-order chi connectivity index (χ1) is 10.5. The third-order valence-electron chi connectivity index (χ3n) is 3.90. The van der Waals surface area contributed by atoms with Crippen molar-refractivity contribution in [3.8, 4) is 0 Å². The summed E-state index contributed by atoms with van der Waals surface area (Å²) in [6.07, 6.45) is 2.64. The fourth-order valence-electron chi connectivity index (χ4n) is 2.70. The minimum absolute atomic E-state index is 0.193. The average Bonchev–Trinajstić information content (AvgIpc) is 2.96. The quantitative estimate of drug-likeness (QED) is 0.726. The van der Waals surface area contributed by atoms with Crippen LogP contribution in [0.4, 0.5) is 0 Å². The molecular weight excluding hydrogens is 284 g/mol. The van der Waals surface area contributed by atoms with Gasteiger partial charge in [-0.05, 0) is 18.4 Å². The summed E-state index contributed by atoms with van der Waals surface area (Å²) in [6.45, 7) is -0.208. The fraction of sp³-hybridized carbons (Fsp3) is 0.438. The zero-order chi connectivity index (χ0) is 16.0. The summed E-state index contributed by atoms with van der Waals surface area (Å²) in [5.41, 5.74) is -0.306. The van der Waals surface area contributed by atoms with Gasteiger partial charge in [-0.25, -0.2) is 4.79 Å².